The number of fused-ring (bicyclic) bond motifs is 1. The summed E-state index contributed by atoms with van der Waals surface area (Å²) in [6, 6.07) is 14.1. The molecular weight excluding hydrogens is 458 g/mol. The molecule has 3 aliphatic heterocycles. The van der Waals surface area contributed by atoms with Crippen molar-refractivity contribution in [1.29, 1.82) is 0 Å². The van der Waals surface area contributed by atoms with Crippen LogP contribution in [-0.2, 0) is 19.1 Å². The summed E-state index contributed by atoms with van der Waals surface area (Å²) in [5, 5.41) is 15.3. The molecule has 2 unspecified atom stereocenters. The van der Waals surface area contributed by atoms with Gasteiger partial charge in [0.2, 0.25) is 17.7 Å². The van der Waals surface area contributed by atoms with Crippen LogP contribution in [0.2, 0.25) is 0 Å². The second-order valence-electron chi connectivity index (χ2n) is 10.1. The Hall–Kier alpha value is -3.23. The number of anilines is 2. The number of benzene rings is 2. The molecule has 3 fully saturated rings. The van der Waals surface area contributed by atoms with Gasteiger partial charge in [-0.3, -0.25) is 14.4 Å². The van der Waals surface area contributed by atoms with E-state index in [4.69, 9.17) is 4.74 Å². The Morgan fingerprint density at radius 2 is 1.75 bits per heavy atom. The first-order valence-corrected chi connectivity index (χ1v) is 12.7. The summed E-state index contributed by atoms with van der Waals surface area (Å²) in [7, 11) is 0. The van der Waals surface area contributed by atoms with Gasteiger partial charge in [0.25, 0.3) is 0 Å². The van der Waals surface area contributed by atoms with Gasteiger partial charge in [-0.05, 0) is 62.8 Å². The molecule has 2 aromatic carbocycles. The molecule has 3 N–H and O–H groups in total. The van der Waals surface area contributed by atoms with Gasteiger partial charge >= 0.3 is 0 Å². The summed E-state index contributed by atoms with van der Waals surface area (Å²) in [6.45, 7) is 4.20. The predicted molar refractivity (Wildman–Crippen MR) is 135 cm³/mol. The average molecular weight is 492 g/mol. The zero-order valence-electron chi connectivity index (χ0n) is 20.7. The maximum absolute atomic E-state index is 13.9. The van der Waals surface area contributed by atoms with Crippen LogP contribution in [-0.4, -0.2) is 58.6 Å². The van der Waals surface area contributed by atoms with Gasteiger partial charge in [-0.15, -0.1) is 0 Å². The van der Waals surface area contributed by atoms with Crippen molar-refractivity contribution in [1.82, 2.24) is 4.90 Å². The lowest BCUT2D eigenvalue weighted by Crippen LogP contribution is -2.53. The van der Waals surface area contributed by atoms with E-state index in [-0.39, 0.29) is 24.3 Å². The van der Waals surface area contributed by atoms with Crippen LogP contribution in [0.5, 0.6) is 0 Å². The van der Waals surface area contributed by atoms with Crippen LogP contribution in [0.3, 0.4) is 0 Å². The second kappa shape index (κ2) is 9.67. The number of hydrogen-bond donors (Lipinski definition) is 3. The Labute approximate surface area is 211 Å². The SMILES string of the molecule is Cc1cccc(C)c1NC(=O)C1N(CCCCO)C(=O)[C@@H]2[C@@H](C(=O)Nc3ccccc3)[C@H]3CCC12O3. The van der Waals surface area contributed by atoms with Gasteiger partial charge in [0.05, 0.1) is 17.9 Å². The molecule has 0 aromatic heterocycles. The molecule has 190 valence electrons. The minimum absolute atomic E-state index is 0.0105. The molecule has 3 aliphatic rings. The largest absolute Gasteiger partial charge is 0.396 e. The molecule has 36 heavy (non-hydrogen) atoms. The molecule has 0 saturated carbocycles. The number of carbonyl (C=O) groups excluding carboxylic acids is 3. The molecule has 0 radical (unpaired) electrons. The molecule has 2 aromatic rings. The molecule has 3 heterocycles. The number of rotatable bonds is 8. The van der Waals surface area contributed by atoms with E-state index in [2.05, 4.69) is 10.6 Å². The number of unbranched alkanes of at least 4 members (excludes halogenated alkanes) is 1. The van der Waals surface area contributed by atoms with Crippen molar-refractivity contribution < 1.29 is 24.2 Å². The number of aliphatic hydroxyl groups excluding tert-OH is 1. The van der Waals surface area contributed by atoms with Gasteiger partial charge in [-0.25, -0.2) is 0 Å². The van der Waals surface area contributed by atoms with E-state index in [0.717, 1.165) is 16.8 Å². The van der Waals surface area contributed by atoms with Crippen molar-refractivity contribution in [3.8, 4) is 0 Å². The number of amides is 3. The predicted octanol–water partition coefficient (Wildman–Crippen LogP) is 3.03. The highest BCUT2D eigenvalue weighted by atomic mass is 16.5. The molecule has 2 bridgehead atoms. The Morgan fingerprint density at radius 1 is 1.03 bits per heavy atom. The maximum atomic E-state index is 13.9. The van der Waals surface area contributed by atoms with E-state index < -0.39 is 29.6 Å². The van der Waals surface area contributed by atoms with Gasteiger partial charge in [0.1, 0.15) is 11.6 Å². The van der Waals surface area contributed by atoms with Crippen LogP contribution in [0.25, 0.3) is 0 Å². The first kappa shape index (κ1) is 24.5. The first-order valence-electron chi connectivity index (χ1n) is 12.7. The Balaban J connectivity index is 1.47. The summed E-state index contributed by atoms with van der Waals surface area (Å²) in [5.74, 6) is -2.15. The molecule has 5 rings (SSSR count). The summed E-state index contributed by atoms with van der Waals surface area (Å²) in [4.78, 5) is 42.7. The van der Waals surface area contributed by atoms with E-state index in [9.17, 15) is 19.5 Å². The lowest BCUT2D eigenvalue weighted by Gasteiger charge is -2.33. The normalized spacial score (nSPS) is 28.3. The fourth-order valence-electron chi connectivity index (χ4n) is 6.34. The van der Waals surface area contributed by atoms with E-state index in [0.29, 0.717) is 37.9 Å². The Morgan fingerprint density at radius 3 is 2.44 bits per heavy atom. The minimum Gasteiger partial charge on any atom is -0.396 e. The summed E-state index contributed by atoms with van der Waals surface area (Å²) < 4.78 is 6.46. The number of ether oxygens (including phenoxy) is 1. The highest BCUT2D eigenvalue weighted by molar-refractivity contribution is 6.05. The van der Waals surface area contributed by atoms with Crippen LogP contribution < -0.4 is 10.6 Å². The molecule has 3 saturated heterocycles. The van der Waals surface area contributed by atoms with E-state index in [1.165, 1.54) is 0 Å². The van der Waals surface area contributed by atoms with Crippen LogP contribution in [0.4, 0.5) is 11.4 Å². The summed E-state index contributed by atoms with van der Waals surface area (Å²) in [6.07, 6.45) is 1.84. The number of hydrogen-bond acceptors (Lipinski definition) is 5. The maximum Gasteiger partial charge on any atom is 0.250 e. The standard InChI is InChI=1S/C28H33N3O5/c1-17-9-8-10-18(2)23(17)30-26(34)24-28-14-13-20(36-28)21(25(33)29-19-11-4-3-5-12-19)22(28)27(35)31(24)15-6-7-16-32/h3-5,8-12,20-22,24,32H,6-7,13-16H2,1-2H3,(H,29,33)(H,30,34)/t20-,21+,22+,24?,28?/m1/s1. The summed E-state index contributed by atoms with van der Waals surface area (Å²) in [5.41, 5.74) is 2.22. The lowest BCUT2D eigenvalue weighted by molar-refractivity contribution is -0.139. The number of aliphatic hydroxyl groups is 1. The van der Waals surface area contributed by atoms with Gasteiger partial charge in [0, 0.05) is 24.5 Å². The third-order valence-electron chi connectivity index (χ3n) is 7.93. The monoisotopic (exact) mass is 491 g/mol. The molecule has 1 spiro atoms. The van der Waals surface area contributed by atoms with Crippen molar-refractivity contribution in [2.75, 3.05) is 23.8 Å². The Kier molecular flexibility index (Phi) is 6.57. The van der Waals surface area contributed by atoms with Crippen molar-refractivity contribution >= 4 is 29.1 Å². The van der Waals surface area contributed by atoms with E-state index in [1.807, 2.05) is 50.2 Å². The zero-order valence-corrected chi connectivity index (χ0v) is 20.7. The topological polar surface area (TPSA) is 108 Å². The smallest absolute Gasteiger partial charge is 0.250 e. The number of likely N-dealkylation sites (tertiary alicyclic amines) is 1. The third kappa shape index (κ3) is 3.98. The molecule has 8 heteroatoms. The van der Waals surface area contributed by atoms with E-state index >= 15 is 0 Å². The fraction of sp³-hybridized carbons (Fsp3) is 0.464. The van der Waals surface area contributed by atoms with Crippen molar-refractivity contribution in [3.05, 3.63) is 59.7 Å². The van der Waals surface area contributed by atoms with Gasteiger partial charge < -0.3 is 25.4 Å². The summed E-state index contributed by atoms with van der Waals surface area (Å²) >= 11 is 0. The highest BCUT2D eigenvalue weighted by Gasteiger charge is 2.74. The van der Waals surface area contributed by atoms with Crippen molar-refractivity contribution in [2.24, 2.45) is 11.8 Å². The number of carbonyl (C=O) groups is 3. The molecule has 8 nitrogen and oxygen atoms in total. The van der Waals surface area contributed by atoms with Crippen LogP contribution >= 0.6 is 0 Å². The molecule has 0 aliphatic carbocycles. The second-order valence-corrected chi connectivity index (χ2v) is 10.1. The lowest BCUT2D eigenvalue weighted by atomic mass is 9.70. The van der Waals surface area contributed by atoms with Gasteiger partial charge in [-0.1, -0.05) is 36.4 Å². The van der Waals surface area contributed by atoms with Gasteiger partial charge in [-0.2, -0.15) is 0 Å². The van der Waals surface area contributed by atoms with Crippen molar-refractivity contribution in [2.45, 2.75) is 57.3 Å². The average Bonchev–Trinajstić information content (AvgIpc) is 3.50. The molecule has 5 atom stereocenters. The number of aryl methyl sites for hydroxylation is 2. The number of nitrogens with zero attached hydrogens (tertiary/aromatic N) is 1. The fourth-order valence-corrected chi connectivity index (χ4v) is 6.34. The third-order valence-corrected chi connectivity index (χ3v) is 7.93. The first-order chi connectivity index (χ1) is 17.4. The highest BCUT2D eigenvalue weighted by Crippen LogP contribution is 2.58. The number of para-hydroxylation sites is 2. The zero-order chi connectivity index (χ0) is 25.4. The van der Waals surface area contributed by atoms with Crippen LogP contribution in [0.1, 0.15) is 36.8 Å². The quantitative estimate of drug-likeness (QED) is 0.492. The Bertz CT molecular complexity index is 1150. The molecular formula is C28H33N3O5. The van der Waals surface area contributed by atoms with Gasteiger partial charge in [0.15, 0.2) is 0 Å². The molecule has 3 amide bonds. The van der Waals surface area contributed by atoms with Crippen LogP contribution in [0, 0.1) is 25.7 Å². The number of nitrogens with one attached hydrogen (secondary N) is 2. The van der Waals surface area contributed by atoms with Crippen LogP contribution in [0.15, 0.2) is 48.5 Å². The van der Waals surface area contributed by atoms with E-state index in [1.54, 1.807) is 17.0 Å². The van der Waals surface area contributed by atoms with Crippen molar-refractivity contribution in [3.63, 3.8) is 0 Å². The minimum atomic E-state index is -1.04.